The molecule has 0 spiro atoms. The third kappa shape index (κ3) is 5.11. The first kappa shape index (κ1) is 17.5. The molecule has 0 unspecified atom stereocenters. The van der Waals surface area contributed by atoms with Crippen molar-refractivity contribution in [1.82, 2.24) is 9.80 Å². The summed E-state index contributed by atoms with van der Waals surface area (Å²) in [6, 6.07) is 2.11. The first-order valence-electron chi connectivity index (χ1n) is 8.60. The molecule has 0 aliphatic carbocycles. The minimum atomic E-state index is -0.0356. The van der Waals surface area contributed by atoms with E-state index in [9.17, 15) is 0 Å². The van der Waals surface area contributed by atoms with E-state index in [0.717, 1.165) is 12.2 Å². The number of piperazine rings is 1. The van der Waals surface area contributed by atoms with E-state index in [1.165, 1.54) is 51.1 Å². The molecule has 0 aromatic carbocycles. The van der Waals surface area contributed by atoms with E-state index in [4.69, 9.17) is 10.2 Å². The molecule has 4 heteroatoms. The molecule has 0 amide bonds. The van der Waals surface area contributed by atoms with Crippen molar-refractivity contribution in [2.75, 3.05) is 39.8 Å². The van der Waals surface area contributed by atoms with Crippen molar-refractivity contribution >= 4 is 0 Å². The van der Waals surface area contributed by atoms with Gasteiger partial charge in [0.2, 0.25) is 0 Å². The lowest BCUT2D eigenvalue weighted by Gasteiger charge is -2.32. The average molecular weight is 307 g/mol. The van der Waals surface area contributed by atoms with Gasteiger partial charge in [0.15, 0.2) is 0 Å². The molecular weight excluding hydrogens is 274 g/mol. The van der Waals surface area contributed by atoms with E-state index in [2.05, 4.69) is 43.7 Å². The molecule has 0 saturated carbocycles. The Bertz CT molecular complexity index is 441. The van der Waals surface area contributed by atoms with Gasteiger partial charge < -0.3 is 20.0 Å². The topological polar surface area (TPSA) is 45.6 Å². The zero-order valence-electron chi connectivity index (χ0n) is 14.8. The van der Waals surface area contributed by atoms with Gasteiger partial charge in [-0.1, -0.05) is 20.8 Å². The van der Waals surface area contributed by atoms with Crippen molar-refractivity contribution in [3.05, 3.63) is 23.7 Å². The summed E-state index contributed by atoms with van der Waals surface area (Å²) in [7, 11) is 2.20. The van der Waals surface area contributed by atoms with E-state index in [1.807, 2.05) is 6.26 Å². The molecule has 1 aliphatic rings. The molecule has 2 N–H and O–H groups in total. The highest BCUT2D eigenvalue weighted by Crippen LogP contribution is 2.31. The average Bonchev–Trinajstić information content (AvgIpc) is 2.92. The first-order chi connectivity index (χ1) is 10.4. The number of likely N-dealkylation sites (N-methyl/N-ethyl adjacent to an activating group) is 1. The van der Waals surface area contributed by atoms with Gasteiger partial charge in [-0.05, 0) is 49.9 Å². The molecule has 0 bridgehead atoms. The van der Waals surface area contributed by atoms with Crippen molar-refractivity contribution < 1.29 is 4.42 Å². The number of nitrogens with zero attached hydrogens (tertiary/aromatic N) is 2. The Hall–Kier alpha value is -0.840. The van der Waals surface area contributed by atoms with Crippen molar-refractivity contribution in [3.8, 4) is 0 Å². The number of aryl methyl sites for hydroxylation is 1. The highest BCUT2D eigenvalue weighted by molar-refractivity contribution is 5.16. The molecule has 1 atom stereocenters. The third-order valence-electron chi connectivity index (χ3n) is 4.70. The zero-order valence-corrected chi connectivity index (χ0v) is 14.8. The van der Waals surface area contributed by atoms with Crippen LogP contribution in [0.15, 0.2) is 16.7 Å². The summed E-state index contributed by atoms with van der Waals surface area (Å²) in [6.45, 7) is 12.5. The molecule has 2 rings (SSSR count). The van der Waals surface area contributed by atoms with E-state index < -0.39 is 0 Å². The minimum Gasteiger partial charge on any atom is -0.467 e. The number of nitrogens with two attached hydrogens (primary N) is 1. The summed E-state index contributed by atoms with van der Waals surface area (Å²) in [5, 5.41) is 0. The van der Waals surface area contributed by atoms with Crippen molar-refractivity contribution in [1.29, 1.82) is 0 Å². The lowest BCUT2D eigenvalue weighted by atomic mass is 9.86. The van der Waals surface area contributed by atoms with Crippen LogP contribution in [0.5, 0.6) is 0 Å². The largest absolute Gasteiger partial charge is 0.467 e. The van der Waals surface area contributed by atoms with Crippen molar-refractivity contribution in [2.45, 2.75) is 46.1 Å². The van der Waals surface area contributed by atoms with E-state index in [1.54, 1.807) is 0 Å². The Labute approximate surface area is 135 Å². The predicted molar refractivity (Wildman–Crippen MR) is 92.0 cm³/mol. The van der Waals surface area contributed by atoms with Crippen LogP contribution < -0.4 is 5.73 Å². The molecule has 0 radical (unpaired) electrons. The summed E-state index contributed by atoms with van der Waals surface area (Å²) in [4.78, 5) is 4.98. The molecule has 1 aromatic rings. The highest BCUT2D eigenvalue weighted by atomic mass is 16.3. The van der Waals surface area contributed by atoms with Gasteiger partial charge in [0.1, 0.15) is 5.76 Å². The van der Waals surface area contributed by atoms with Crippen LogP contribution in [0.3, 0.4) is 0 Å². The Balaban J connectivity index is 1.68. The van der Waals surface area contributed by atoms with E-state index in [-0.39, 0.29) is 11.5 Å². The fourth-order valence-corrected chi connectivity index (χ4v) is 2.85. The van der Waals surface area contributed by atoms with Gasteiger partial charge in [0, 0.05) is 26.2 Å². The molecule has 22 heavy (non-hydrogen) atoms. The van der Waals surface area contributed by atoms with E-state index in [0.29, 0.717) is 0 Å². The number of furan rings is 1. The normalized spacial score (nSPS) is 19.5. The SMILES string of the molecule is CN1CCN(CCCCc2coc([C@H](N)C(C)(C)C)c2)CC1. The summed E-state index contributed by atoms with van der Waals surface area (Å²) < 4.78 is 5.67. The number of rotatable bonds is 6. The highest BCUT2D eigenvalue weighted by Gasteiger charge is 2.25. The minimum absolute atomic E-state index is 0.0356. The van der Waals surface area contributed by atoms with Gasteiger partial charge in [-0.25, -0.2) is 0 Å². The lowest BCUT2D eigenvalue weighted by Crippen LogP contribution is -2.44. The summed E-state index contributed by atoms with van der Waals surface area (Å²) in [6.07, 6.45) is 5.45. The second-order valence-corrected chi connectivity index (χ2v) is 7.80. The fraction of sp³-hybridized carbons (Fsp3) is 0.778. The maximum atomic E-state index is 6.24. The number of hydrogen-bond donors (Lipinski definition) is 1. The van der Waals surface area contributed by atoms with Crippen LogP contribution in [0.4, 0.5) is 0 Å². The molecule has 1 saturated heterocycles. The van der Waals surface area contributed by atoms with Crippen LogP contribution in [0.25, 0.3) is 0 Å². The molecular formula is C18H33N3O. The molecule has 1 fully saturated rings. The Morgan fingerprint density at radius 1 is 1.18 bits per heavy atom. The van der Waals surface area contributed by atoms with Gasteiger partial charge >= 0.3 is 0 Å². The Morgan fingerprint density at radius 3 is 2.50 bits per heavy atom. The van der Waals surface area contributed by atoms with Crippen molar-refractivity contribution in [2.24, 2.45) is 11.1 Å². The van der Waals surface area contributed by atoms with Crippen LogP contribution in [0.2, 0.25) is 0 Å². The van der Waals surface area contributed by atoms with Crippen molar-refractivity contribution in [3.63, 3.8) is 0 Å². The zero-order chi connectivity index (χ0) is 16.2. The van der Waals surface area contributed by atoms with E-state index >= 15 is 0 Å². The molecule has 2 heterocycles. The van der Waals surface area contributed by atoms with Crippen LogP contribution >= 0.6 is 0 Å². The first-order valence-corrected chi connectivity index (χ1v) is 8.60. The van der Waals surface area contributed by atoms with Gasteiger partial charge in [0.25, 0.3) is 0 Å². The second-order valence-electron chi connectivity index (χ2n) is 7.80. The molecule has 1 aliphatic heterocycles. The monoisotopic (exact) mass is 307 g/mol. The quantitative estimate of drug-likeness (QED) is 0.821. The third-order valence-corrected chi connectivity index (χ3v) is 4.70. The molecule has 4 nitrogen and oxygen atoms in total. The summed E-state index contributed by atoms with van der Waals surface area (Å²) in [5.74, 6) is 0.918. The van der Waals surface area contributed by atoms with Crippen LogP contribution in [-0.2, 0) is 6.42 Å². The predicted octanol–water partition coefficient (Wildman–Crippen LogP) is 2.90. The molecule has 1 aromatic heterocycles. The van der Waals surface area contributed by atoms with Crippen LogP contribution in [0, 0.1) is 5.41 Å². The fourth-order valence-electron chi connectivity index (χ4n) is 2.85. The summed E-state index contributed by atoms with van der Waals surface area (Å²) >= 11 is 0. The maximum Gasteiger partial charge on any atom is 0.121 e. The van der Waals surface area contributed by atoms with Gasteiger partial charge in [0.05, 0.1) is 12.3 Å². The maximum absolute atomic E-state index is 6.24. The Kier molecular flexibility index (Phi) is 6.07. The molecule has 126 valence electrons. The second kappa shape index (κ2) is 7.62. The number of unbranched alkanes of at least 4 members (excludes halogenated alkanes) is 1. The standard InChI is InChI=1S/C18H33N3O/c1-18(2,3)17(19)16-13-15(14-22-16)7-5-6-8-21-11-9-20(4)10-12-21/h13-14,17H,5-12,19H2,1-4H3/t17-/m0/s1. The van der Waals surface area contributed by atoms with Crippen LogP contribution in [0.1, 0.15) is 51.0 Å². The number of hydrogen-bond acceptors (Lipinski definition) is 4. The summed E-state index contributed by atoms with van der Waals surface area (Å²) in [5.41, 5.74) is 7.57. The lowest BCUT2D eigenvalue weighted by molar-refractivity contribution is 0.152. The van der Waals surface area contributed by atoms with Crippen LogP contribution in [-0.4, -0.2) is 49.6 Å². The van der Waals surface area contributed by atoms with Gasteiger partial charge in [-0.3, -0.25) is 0 Å². The van der Waals surface area contributed by atoms with Gasteiger partial charge in [-0.15, -0.1) is 0 Å². The Morgan fingerprint density at radius 2 is 1.86 bits per heavy atom. The smallest absolute Gasteiger partial charge is 0.121 e. The van der Waals surface area contributed by atoms with Gasteiger partial charge in [-0.2, -0.15) is 0 Å².